The molecule has 0 spiro atoms. The summed E-state index contributed by atoms with van der Waals surface area (Å²) in [6, 6.07) is -0.602. The van der Waals surface area contributed by atoms with Crippen LogP contribution in [-0.2, 0) is 14.4 Å². The number of rotatable bonds is 6. The van der Waals surface area contributed by atoms with Crippen LogP contribution in [0, 0.1) is 0 Å². The third kappa shape index (κ3) is 5.28. The summed E-state index contributed by atoms with van der Waals surface area (Å²) in [7, 11) is 0. The Kier molecular flexibility index (Phi) is 7.30. The minimum absolute atomic E-state index is 0.105. The molecular formula is C20H34N6O4. The molecular weight excluding hydrogens is 388 g/mol. The molecule has 168 valence electrons. The molecule has 3 rings (SSSR count). The highest BCUT2D eigenvalue weighted by molar-refractivity contribution is 6.07. The molecule has 0 aliphatic carbocycles. The van der Waals surface area contributed by atoms with Gasteiger partial charge in [-0.2, -0.15) is 5.01 Å². The number of nitrogens with zero attached hydrogens (tertiary/aromatic N) is 4. The molecule has 0 bridgehead atoms. The first kappa shape index (κ1) is 22.5. The lowest BCUT2D eigenvalue weighted by atomic mass is 10.00. The highest BCUT2D eigenvalue weighted by Gasteiger charge is 2.47. The largest absolute Gasteiger partial charge is 0.344 e. The first-order valence-corrected chi connectivity index (χ1v) is 11.0. The van der Waals surface area contributed by atoms with Crippen LogP contribution in [0.1, 0.15) is 46.0 Å². The van der Waals surface area contributed by atoms with Gasteiger partial charge in [0.2, 0.25) is 5.91 Å². The normalized spacial score (nSPS) is 26.5. The monoisotopic (exact) mass is 422 g/mol. The fourth-order valence-electron chi connectivity index (χ4n) is 4.11. The van der Waals surface area contributed by atoms with Crippen molar-refractivity contribution in [2.24, 2.45) is 0 Å². The molecule has 0 aromatic heterocycles. The van der Waals surface area contributed by atoms with Gasteiger partial charge in [-0.1, -0.05) is 19.8 Å². The van der Waals surface area contributed by atoms with Crippen LogP contribution in [0.4, 0.5) is 4.79 Å². The summed E-state index contributed by atoms with van der Waals surface area (Å²) in [5.41, 5.74) is 1.45. The van der Waals surface area contributed by atoms with Crippen LogP contribution in [0.25, 0.3) is 0 Å². The fraction of sp³-hybridized carbons (Fsp3) is 0.800. The van der Waals surface area contributed by atoms with Gasteiger partial charge in [0.25, 0.3) is 11.8 Å². The van der Waals surface area contributed by atoms with Crippen molar-refractivity contribution < 1.29 is 19.2 Å². The van der Waals surface area contributed by atoms with Crippen molar-refractivity contribution in [2.75, 3.05) is 52.4 Å². The molecule has 2 N–H and O–H groups in total. The van der Waals surface area contributed by atoms with Crippen LogP contribution >= 0.6 is 0 Å². The Bertz CT molecular complexity index is 670. The van der Waals surface area contributed by atoms with Gasteiger partial charge in [0.05, 0.1) is 13.1 Å². The van der Waals surface area contributed by atoms with Crippen molar-refractivity contribution in [1.29, 1.82) is 0 Å². The molecule has 3 aliphatic rings. The SMILES string of the molecule is CC[C@]1(C)NC(=O)N(NC(=O)CN2CCN(CC(=O)N3CCCCCC3)CC2)C1=O. The Hall–Kier alpha value is -2.20. The van der Waals surface area contributed by atoms with E-state index in [1.54, 1.807) is 13.8 Å². The van der Waals surface area contributed by atoms with E-state index in [0.29, 0.717) is 39.1 Å². The number of hydrogen-bond acceptors (Lipinski definition) is 6. The maximum atomic E-state index is 12.5. The molecule has 10 heteroatoms. The quantitative estimate of drug-likeness (QED) is 0.573. The number of carbonyl (C=O) groups excluding carboxylic acids is 4. The Labute approximate surface area is 177 Å². The molecule has 0 radical (unpaired) electrons. The van der Waals surface area contributed by atoms with Crippen LogP contribution in [0.3, 0.4) is 0 Å². The average Bonchev–Trinajstić information content (AvgIpc) is 2.93. The summed E-state index contributed by atoms with van der Waals surface area (Å²) in [5.74, 6) is -0.645. The minimum Gasteiger partial charge on any atom is -0.342 e. The van der Waals surface area contributed by atoms with E-state index in [1.165, 1.54) is 12.8 Å². The summed E-state index contributed by atoms with van der Waals surface area (Å²) in [6.07, 6.45) is 5.02. The zero-order chi connectivity index (χ0) is 21.7. The number of nitrogens with one attached hydrogen (secondary N) is 2. The molecule has 0 aromatic carbocycles. The molecule has 1 atom stereocenters. The predicted octanol–water partition coefficient (Wildman–Crippen LogP) is -0.242. The highest BCUT2D eigenvalue weighted by Crippen LogP contribution is 2.19. The lowest BCUT2D eigenvalue weighted by Crippen LogP contribution is -2.54. The summed E-state index contributed by atoms with van der Waals surface area (Å²) in [6.45, 7) is 8.45. The zero-order valence-electron chi connectivity index (χ0n) is 18.1. The van der Waals surface area contributed by atoms with E-state index in [9.17, 15) is 19.2 Å². The van der Waals surface area contributed by atoms with Gasteiger partial charge < -0.3 is 10.2 Å². The fourth-order valence-corrected chi connectivity index (χ4v) is 4.11. The smallest absolute Gasteiger partial charge is 0.342 e. The van der Waals surface area contributed by atoms with E-state index in [2.05, 4.69) is 15.6 Å². The van der Waals surface area contributed by atoms with Gasteiger partial charge in [0, 0.05) is 39.3 Å². The molecule has 3 saturated heterocycles. The number of carbonyl (C=O) groups is 4. The van der Waals surface area contributed by atoms with Crippen molar-refractivity contribution in [1.82, 2.24) is 30.5 Å². The third-order valence-electron chi connectivity index (χ3n) is 6.35. The van der Waals surface area contributed by atoms with Gasteiger partial charge in [0.15, 0.2) is 0 Å². The second kappa shape index (κ2) is 9.74. The van der Waals surface area contributed by atoms with Crippen molar-refractivity contribution in [2.45, 2.75) is 51.5 Å². The van der Waals surface area contributed by atoms with E-state index < -0.39 is 23.4 Å². The number of piperazine rings is 1. The summed E-state index contributed by atoms with van der Waals surface area (Å²) in [4.78, 5) is 55.4. The molecule has 3 aliphatic heterocycles. The molecule has 3 fully saturated rings. The van der Waals surface area contributed by atoms with Crippen LogP contribution in [0.2, 0.25) is 0 Å². The summed E-state index contributed by atoms with van der Waals surface area (Å²) >= 11 is 0. The van der Waals surface area contributed by atoms with E-state index in [4.69, 9.17) is 0 Å². The van der Waals surface area contributed by atoms with Crippen LogP contribution in [-0.4, -0.2) is 101 Å². The number of hydrazine groups is 1. The molecule has 0 saturated carbocycles. The van der Waals surface area contributed by atoms with Crippen molar-refractivity contribution in [3.05, 3.63) is 0 Å². The second-order valence-corrected chi connectivity index (χ2v) is 8.64. The lowest BCUT2D eigenvalue weighted by molar-refractivity contribution is -0.139. The highest BCUT2D eigenvalue weighted by atomic mass is 16.2. The first-order chi connectivity index (χ1) is 14.3. The van der Waals surface area contributed by atoms with Crippen LogP contribution in [0.5, 0.6) is 0 Å². The maximum absolute atomic E-state index is 12.5. The van der Waals surface area contributed by atoms with Crippen molar-refractivity contribution in [3.8, 4) is 0 Å². The zero-order valence-corrected chi connectivity index (χ0v) is 18.1. The van der Waals surface area contributed by atoms with Gasteiger partial charge in [-0.15, -0.1) is 0 Å². The average molecular weight is 423 g/mol. The third-order valence-corrected chi connectivity index (χ3v) is 6.35. The molecule has 5 amide bonds. The Morgan fingerprint density at radius 1 is 0.933 bits per heavy atom. The van der Waals surface area contributed by atoms with E-state index in [0.717, 1.165) is 30.9 Å². The minimum atomic E-state index is -0.976. The van der Waals surface area contributed by atoms with E-state index in [-0.39, 0.29) is 12.5 Å². The molecule has 0 unspecified atom stereocenters. The molecule has 10 nitrogen and oxygen atoms in total. The van der Waals surface area contributed by atoms with Gasteiger partial charge in [-0.3, -0.25) is 29.6 Å². The van der Waals surface area contributed by atoms with Crippen molar-refractivity contribution in [3.63, 3.8) is 0 Å². The number of likely N-dealkylation sites (tertiary alicyclic amines) is 1. The van der Waals surface area contributed by atoms with Gasteiger partial charge >= 0.3 is 6.03 Å². The lowest BCUT2D eigenvalue weighted by Gasteiger charge is -2.35. The summed E-state index contributed by atoms with van der Waals surface area (Å²) < 4.78 is 0. The molecule has 30 heavy (non-hydrogen) atoms. The van der Waals surface area contributed by atoms with Gasteiger partial charge in [-0.25, -0.2) is 4.79 Å². The standard InChI is InChI=1S/C20H34N6O4/c1-3-20(2)18(29)26(19(30)21-20)22-16(27)14-23-10-12-24(13-11-23)15-17(28)25-8-6-4-5-7-9-25/h3-15H2,1-2H3,(H,21,30)(H,22,27)/t20-/m0/s1. The van der Waals surface area contributed by atoms with Crippen LogP contribution in [0.15, 0.2) is 0 Å². The Morgan fingerprint density at radius 3 is 2.03 bits per heavy atom. The van der Waals surface area contributed by atoms with Crippen LogP contribution < -0.4 is 10.7 Å². The topological polar surface area (TPSA) is 105 Å². The Morgan fingerprint density at radius 2 is 1.50 bits per heavy atom. The van der Waals surface area contributed by atoms with E-state index >= 15 is 0 Å². The Balaban J connectivity index is 1.40. The predicted molar refractivity (Wildman–Crippen MR) is 110 cm³/mol. The molecule has 3 heterocycles. The number of hydrogen-bond donors (Lipinski definition) is 2. The number of urea groups is 1. The number of amides is 5. The first-order valence-electron chi connectivity index (χ1n) is 11.0. The summed E-state index contributed by atoms with van der Waals surface area (Å²) in [5, 5.41) is 3.39. The molecule has 0 aromatic rings. The van der Waals surface area contributed by atoms with Crippen molar-refractivity contribution >= 4 is 23.8 Å². The van der Waals surface area contributed by atoms with Gasteiger partial charge in [0.1, 0.15) is 5.54 Å². The van der Waals surface area contributed by atoms with Gasteiger partial charge in [-0.05, 0) is 26.2 Å². The number of imide groups is 1. The second-order valence-electron chi connectivity index (χ2n) is 8.64. The van der Waals surface area contributed by atoms with E-state index in [1.807, 2.05) is 9.80 Å². The maximum Gasteiger partial charge on any atom is 0.344 e.